The van der Waals surface area contributed by atoms with Gasteiger partial charge in [-0.3, -0.25) is 4.79 Å². The van der Waals surface area contributed by atoms with Crippen LogP contribution in [0.25, 0.3) is 0 Å². The maximum absolute atomic E-state index is 11.9. The molecule has 0 aliphatic heterocycles. The molecule has 0 saturated carbocycles. The number of anilines is 1. The second-order valence-corrected chi connectivity index (χ2v) is 3.69. The monoisotopic (exact) mass is 248 g/mol. The molecule has 1 aromatic rings. The molecule has 17 heavy (non-hydrogen) atoms. The van der Waals surface area contributed by atoms with Gasteiger partial charge in [0, 0.05) is 16.3 Å². The van der Waals surface area contributed by atoms with E-state index in [-0.39, 0.29) is 18.7 Å². The lowest BCUT2D eigenvalue weighted by Gasteiger charge is -2.16. The van der Waals surface area contributed by atoms with E-state index in [0.717, 1.165) is 4.90 Å². The number of nitriles is 2. The van der Waals surface area contributed by atoms with Crippen molar-refractivity contribution < 1.29 is 4.79 Å². The van der Waals surface area contributed by atoms with Crippen molar-refractivity contribution in [1.82, 2.24) is 4.90 Å². The highest BCUT2D eigenvalue weighted by Crippen LogP contribution is 2.17. The van der Waals surface area contributed by atoms with Crippen LogP contribution < -0.4 is 5.73 Å². The minimum Gasteiger partial charge on any atom is -0.399 e. The number of carbonyl (C=O) groups excluding carboxylic acids is 1. The van der Waals surface area contributed by atoms with E-state index in [1.54, 1.807) is 0 Å². The highest BCUT2D eigenvalue weighted by atomic mass is 35.5. The van der Waals surface area contributed by atoms with Gasteiger partial charge in [-0.2, -0.15) is 10.5 Å². The van der Waals surface area contributed by atoms with Crippen LogP contribution in [0.1, 0.15) is 10.4 Å². The minimum absolute atomic E-state index is 0.154. The lowest BCUT2D eigenvalue weighted by atomic mass is 10.1. The van der Waals surface area contributed by atoms with Gasteiger partial charge in [0.15, 0.2) is 0 Å². The fourth-order valence-corrected chi connectivity index (χ4v) is 1.53. The van der Waals surface area contributed by atoms with Crippen LogP contribution in [0.5, 0.6) is 0 Å². The van der Waals surface area contributed by atoms with Crippen molar-refractivity contribution in [2.24, 2.45) is 0 Å². The molecule has 0 spiro atoms. The molecule has 0 atom stereocenters. The summed E-state index contributed by atoms with van der Waals surface area (Å²) in [6, 6.07) is 8.06. The number of nitrogens with zero attached hydrogens (tertiary/aromatic N) is 3. The summed E-state index contributed by atoms with van der Waals surface area (Å²) < 4.78 is 0. The number of carbonyl (C=O) groups is 1. The van der Waals surface area contributed by atoms with Gasteiger partial charge < -0.3 is 10.6 Å². The van der Waals surface area contributed by atoms with Gasteiger partial charge in [0.1, 0.15) is 13.1 Å². The Balaban J connectivity index is 3.02. The van der Waals surface area contributed by atoms with E-state index in [2.05, 4.69) is 0 Å². The van der Waals surface area contributed by atoms with Crippen molar-refractivity contribution in [2.75, 3.05) is 18.8 Å². The van der Waals surface area contributed by atoms with E-state index in [9.17, 15) is 4.79 Å². The zero-order valence-corrected chi connectivity index (χ0v) is 9.61. The van der Waals surface area contributed by atoms with Crippen LogP contribution in [-0.2, 0) is 0 Å². The molecule has 0 saturated heterocycles. The Bertz CT molecular complexity index is 479. The SMILES string of the molecule is N#CCN(CC#N)C(=O)c1cc(N)cc(Cl)c1. The van der Waals surface area contributed by atoms with E-state index in [1.807, 2.05) is 12.1 Å². The molecule has 0 aliphatic rings. The molecule has 1 rings (SSSR count). The summed E-state index contributed by atoms with van der Waals surface area (Å²) in [5, 5.41) is 17.5. The Morgan fingerprint density at radius 2 is 1.88 bits per heavy atom. The van der Waals surface area contributed by atoms with Crippen molar-refractivity contribution in [3.63, 3.8) is 0 Å². The number of hydrogen-bond donors (Lipinski definition) is 1. The summed E-state index contributed by atoms with van der Waals surface area (Å²) in [5.74, 6) is -0.442. The van der Waals surface area contributed by atoms with Crippen molar-refractivity contribution in [3.05, 3.63) is 28.8 Å². The number of nitrogen functional groups attached to an aromatic ring is 1. The maximum atomic E-state index is 11.9. The van der Waals surface area contributed by atoms with Crippen LogP contribution in [0.3, 0.4) is 0 Å². The van der Waals surface area contributed by atoms with Crippen LogP contribution in [-0.4, -0.2) is 23.9 Å². The van der Waals surface area contributed by atoms with E-state index in [0.29, 0.717) is 10.7 Å². The van der Waals surface area contributed by atoms with Gasteiger partial charge in [0.25, 0.3) is 5.91 Å². The highest BCUT2D eigenvalue weighted by Gasteiger charge is 2.15. The van der Waals surface area contributed by atoms with Crippen LogP contribution in [0, 0.1) is 22.7 Å². The van der Waals surface area contributed by atoms with Crippen LogP contribution >= 0.6 is 11.6 Å². The first-order chi connectivity index (χ1) is 8.08. The summed E-state index contributed by atoms with van der Waals surface area (Å²) in [6.45, 7) is -0.308. The molecule has 0 radical (unpaired) electrons. The number of benzene rings is 1. The summed E-state index contributed by atoms with van der Waals surface area (Å²) in [4.78, 5) is 13.1. The molecule has 0 aliphatic carbocycles. The van der Waals surface area contributed by atoms with Crippen molar-refractivity contribution >= 4 is 23.2 Å². The zero-order chi connectivity index (χ0) is 12.8. The first kappa shape index (κ1) is 12.8. The topological polar surface area (TPSA) is 93.9 Å². The lowest BCUT2D eigenvalue weighted by Crippen LogP contribution is -2.31. The van der Waals surface area contributed by atoms with E-state index in [1.165, 1.54) is 18.2 Å². The van der Waals surface area contributed by atoms with Crippen molar-refractivity contribution in [1.29, 1.82) is 10.5 Å². The van der Waals surface area contributed by atoms with E-state index >= 15 is 0 Å². The normalized spacial score (nSPS) is 9.12. The number of rotatable bonds is 3. The largest absolute Gasteiger partial charge is 0.399 e. The number of amides is 1. The van der Waals surface area contributed by atoms with Gasteiger partial charge in [0.2, 0.25) is 0 Å². The molecule has 0 fully saturated rings. The predicted molar refractivity (Wildman–Crippen MR) is 63.0 cm³/mol. The highest BCUT2D eigenvalue weighted by molar-refractivity contribution is 6.31. The summed E-state index contributed by atoms with van der Waals surface area (Å²) in [7, 11) is 0. The molecule has 5 nitrogen and oxygen atoms in total. The minimum atomic E-state index is -0.442. The van der Waals surface area contributed by atoms with Gasteiger partial charge in [-0.25, -0.2) is 0 Å². The molecular weight excluding hydrogens is 240 g/mol. The third-order valence-electron chi connectivity index (χ3n) is 1.98. The summed E-state index contributed by atoms with van der Waals surface area (Å²) in [5.41, 5.74) is 6.18. The number of halogens is 1. The summed E-state index contributed by atoms with van der Waals surface area (Å²) >= 11 is 5.77. The number of hydrogen-bond acceptors (Lipinski definition) is 4. The molecule has 1 aromatic carbocycles. The first-order valence-corrected chi connectivity index (χ1v) is 5.05. The van der Waals surface area contributed by atoms with E-state index in [4.69, 9.17) is 27.9 Å². The molecule has 0 unspecified atom stereocenters. The van der Waals surface area contributed by atoms with Gasteiger partial charge in [-0.05, 0) is 18.2 Å². The zero-order valence-electron chi connectivity index (χ0n) is 8.85. The van der Waals surface area contributed by atoms with Gasteiger partial charge in [0.05, 0.1) is 12.1 Å². The first-order valence-electron chi connectivity index (χ1n) is 4.67. The molecule has 0 aromatic heterocycles. The quantitative estimate of drug-likeness (QED) is 0.646. The summed E-state index contributed by atoms with van der Waals surface area (Å²) in [6.07, 6.45) is 0. The van der Waals surface area contributed by atoms with Crippen molar-refractivity contribution in [2.45, 2.75) is 0 Å². The van der Waals surface area contributed by atoms with Crippen LogP contribution in [0.15, 0.2) is 18.2 Å². The van der Waals surface area contributed by atoms with Crippen LogP contribution in [0.2, 0.25) is 5.02 Å². The third-order valence-corrected chi connectivity index (χ3v) is 2.20. The second kappa shape index (κ2) is 5.74. The van der Waals surface area contributed by atoms with Gasteiger partial charge in [-0.1, -0.05) is 11.6 Å². The Labute approximate surface area is 104 Å². The smallest absolute Gasteiger partial charge is 0.255 e. The second-order valence-electron chi connectivity index (χ2n) is 3.25. The molecule has 86 valence electrons. The molecule has 0 heterocycles. The fourth-order valence-electron chi connectivity index (χ4n) is 1.29. The maximum Gasteiger partial charge on any atom is 0.255 e. The Hall–Kier alpha value is -2.24. The van der Waals surface area contributed by atoms with E-state index < -0.39 is 5.91 Å². The molecule has 0 bridgehead atoms. The molecule has 6 heteroatoms. The third kappa shape index (κ3) is 3.37. The number of nitrogens with two attached hydrogens (primary N) is 1. The molecule has 2 N–H and O–H groups in total. The predicted octanol–water partition coefficient (Wildman–Crippen LogP) is 1.41. The lowest BCUT2D eigenvalue weighted by molar-refractivity contribution is 0.0795. The average molecular weight is 249 g/mol. The molecule has 1 amide bonds. The van der Waals surface area contributed by atoms with Gasteiger partial charge >= 0.3 is 0 Å². The standard InChI is InChI=1S/C11H9ClN4O/c12-9-5-8(6-10(15)7-9)11(17)16(3-1-13)4-2-14/h5-7H,3-4,15H2. The Morgan fingerprint density at radius 3 is 2.35 bits per heavy atom. The Kier molecular flexibility index (Phi) is 4.33. The fraction of sp³-hybridized carbons (Fsp3) is 0.182. The van der Waals surface area contributed by atoms with Crippen molar-refractivity contribution in [3.8, 4) is 12.1 Å². The van der Waals surface area contributed by atoms with Gasteiger partial charge in [-0.15, -0.1) is 0 Å². The Morgan fingerprint density at radius 1 is 1.29 bits per heavy atom. The molecular formula is C11H9ClN4O. The van der Waals surface area contributed by atoms with Crippen LogP contribution in [0.4, 0.5) is 5.69 Å². The average Bonchev–Trinajstić information content (AvgIpc) is 2.26.